The first kappa shape index (κ1) is 14.4. The Morgan fingerprint density at radius 2 is 2.12 bits per heavy atom. The second-order valence-corrected chi connectivity index (χ2v) is 6.91. The lowest BCUT2D eigenvalue weighted by atomic mass is 10.0. The number of fused-ring (bicyclic) bond motifs is 2. The van der Waals surface area contributed by atoms with Gasteiger partial charge in [-0.1, -0.05) is 6.07 Å². The van der Waals surface area contributed by atoms with Crippen molar-refractivity contribution in [3.8, 4) is 11.3 Å². The lowest BCUT2D eigenvalue weighted by molar-refractivity contribution is 0.0697. The zero-order chi connectivity index (χ0) is 17.1. The van der Waals surface area contributed by atoms with Crippen LogP contribution in [0.15, 0.2) is 30.7 Å². The van der Waals surface area contributed by atoms with Gasteiger partial charge in [-0.15, -0.1) is 0 Å². The van der Waals surface area contributed by atoms with Crippen molar-refractivity contribution in [1.29, 1.82) is 0 Å². The lowest BCUT2D eigenvalue weighted by Crippen LogP contribution is -2.34. The molecule has 0 bridgehead atoms. The highest BCUT2D eigenvalue weighted by atomic mass is 16.2. The van der Waals surface area contributed by atoms with Crippen LogP contribution in [0.1, 0.15) is 35.7 Å². The summed E-state index contributed by atoms with van der Waals surface area (Å²) >= 11 is 0. The first-order valence-electron chi connectivity index (χ1n) is 8.52. The van der Waals surface area contributed by atoms with E-state index in [4.69, 9.17) is 5.73 Å². The molecule has 7 heteroatoms. The number of hydrogen-bond acceptors (Lipinski definition) is 5. The lowest BCUT2D eigenvalue weighted by Gasteiger charge is -2.23. The normalized spacial score (nSPS) is 18.0. The topological polar surface area (TPSA) is 89.4 Å². The van der Waals surface area contributed by atoms with Gasteiger partial charge >= 0.3 is 0 Å². The molecule has 5 rings (SSSR count). The van der Waals surface area contributed by atoms with Gasteiger partial charge in [0.05, 0.1) is 11.9 Å². The molecule has 7 nitrogen and oxygen atoms in total. The van der Waals surface area contributed by atoms with Crippen LogP contribution in [0.25, 0.3) is 16.9 Å². The van der Waals surface area contributed by atoms with Gasteiger partial charge in [0, 0.05) is 23.7 Å². The molecule has 1 fully saturated rings. The van der Waals surface area contributed by atoms with Crippen LogP contribution in [0.2, 0.25) is 0 Å². The maximum atomic E-state index is 12.7. The molecule has 2 aromatic heterocycles. The van der Waals surface area contributed by atoms with E-state index >= 15 is 0 Å². The van der Waals surface area contributed by atoms with Crippen molar-refractivity contribution in [1.82, 2.24) is 24.5 Å². The summed E-state index contributed by atoms with van der Waals surface area (Å²) in [6, 6.07) is 6.24. The van der Waals surface area contributed by atoms with E-state index in [0.29, 0.717) is 30.0 Å². The molecule has 126 valence electrons. The van der Waals surface area contributed by atoms with Crippen molar-refractivity contribution in [3.05, 3.63) is 41.9 Å². The molecule has 1 aliphatic carbocycles. The van der Waals surface area contributed by atoms with Gasteiger partial charge in [-0.2, -0.15) is 5.10 Å². The summed E-state index contributed by atoms with van der Waals surface area (Å²) in [4.78, 5) is 23.0. The van der Waals surface area contributed by atoms with Crippen LogP contribution in [0, 0.1) is 5.92 Å². The first-order valence-corrected chi connectivity index (χ1v) is 8.52. The number of carbonyl (C=O) groups excluding carboxylic acids is 1. The highest BCUT2D eigenvalue weighted by Gasteiger charge is 2.38. The molecular weight excluding hydrogens is 316 g/mol. The number of nitrogens with two attached hydrogens (primary N) is 1. The van der Waals surface area contributed by atoms with Crippen molar-refractivity contribution in [2.45, 2.75) is 32.4 Å². The fraction of sp³-hybridized carbons (Fsp3) is 0.333. The number of anilines is 1. The Balaban J connectivity index is 1.55. The van der Waals surface area contributed by atoms with Crippen LogP contribution in [0.4, 0.5) is 5.82 Å². The van der Waals surface area contributed by atoms with E-state index in [1.807, 2.05) is 17.0 Å². The summed E-state index contributed by atoms with van der Waals surface area (Å²) in [5, 5.41) is 4.25. The number of nitrogens with zero attached hydrogens (tertiary/aromatic N) is 5. The van der Waals surface area contributed by atoms with Crippen LogP contribution in [0.3, 0.4) is 0 Å². The minimum atomic E-state index is 0.144. The number of carbonyl (C=O) groups is 1. The standard InChI is InChI=1S/C18H18N6O/c1-10(11-2-3-11)23-8-13-6-12(4-5-14(13)18(23)25)15-7-20-17-16(19)21-9-22-24(15)17/h4-7,9-11H,2-3,8H2,1H3,(H2,19,21,22)/t10-/m0/s1. The minimum absolute atomic E-state index is 0.144. The molecule has 0 spiro atoms. The van der Waals surface area contributed by atoms with E-state index in [2.05, 4.69) is 28.1 Å². The number of hydrogen-bond donors (Lipinski definition) is 1. The fourth-order valence-corrected chi connectivity index (χ4v) is 3.70. The number of amides is 1. The van der Waals surface area contributed by atoms with Gasteiger partial charge in [-0.3, -0.25) is 4.79 Å². The molecular formula is C18H18N6O. The van der Waals surface area contributed by atoms with Gasteiger partial charge in [-0.25, -0.2) is 14.5 Å². The number of imidazole rings is 1. The van der Waals surface area contributed by atoms with E-state index in [1.54, 1.807) is 10.7 Å². The van der Waals surface area contributed by atoms with Crippen LogP contribution in [0.5, 0.6) is 0 Å². The van der Waals surface area contributed by atoms with Crippen LogP contribution in [-0.2, 0) is 6.54 Å². The Kier molecular flexibility index (Phi) is 2.89. The van der Waals surface area contributed by atoms with Crippen LogP contribution >= 0.6 is 0 Å². The van der Waals surface area contributed by atoms with E-state index in [1.165, 1.54) is 19.2 Å². The maximum absolute atomic E-state index is 12.7. The second-order valence-electron chi connectivity index (χ2n) is 6.91. The smallest absolute Gasteiger partial charge is 0.254 e. The molecule has 1 aliphatic heterocycles. The van der Waals surface area contributed by atoms with Crippen LogP contribution in [-0.4, -0.2) is 36.4 Å². The summed E-state index contributed by atoms with van der Waals surface area (Å²) in [5.74, 6) is 1.16. The Bertz CT molecular complexity index is 1010. The summed E-state index contributed by atoms with van der Waals surface area (Å²) in [6.45, 7) is 2.83. The number of nitrogen functional groups attached to an aromatic ring is 1. The van der Waals surface area contributed by atoms with Gasteiger partial charge in [0.1, 0.15) is 6.33 Å². The van der Waals surface area contributed by atoms with Gasteiger partial charge in [0.15, 0.2) is 11.5 Å². The largest absolute Gasteiger partial charge is 0.381 e. The molecule has 0 unspecified atom stereocenters. The quantitative estimate of drug-likeness (QED) is 0.792. The summed E-state index contributed by atoms with van der Waals surface area (Å²) < 4.78 is 1.69. The molecule has 25 heavy (non-hydrogen) atoms. The Labute approximate surface area is 144 Å². The van der Waals surface area contributed by atoms with E-state index in [-0.39, 0.29) is 5.91 Å². The fourth-order valence-electron chi connectivity index (χ4n) is 3.70. The number of aromatic nitrogens is 4. The zero-order valence-electron chi connectivity index (χ0n) is 13.9. The number of benzene rings is 1. The third kappa shape index (κ3) is 2.12. The third-order valence-electron chi connectivity index (χ3n) is 5.36. The molecule has 1 amide bonds. The Morgan fingerprint density at radius 3 is 2.92 bits per heavy atom. The summed E-state index contributed by atoms with van der Waals surface area (Å²) in [5.41, 5.74) is 10.1. The molecule has 3 aromatic rings. The zero-order valence-corrected chi connectivity index (χ0v) is 13.9. The Morgan fingerprint density at radius 1 is 1.28 bits per heavy atom. The van der Waals surface area contributed by atoms with Gasteiger partial charge in [-0.05, 0) is 43.4 Å². The first-order chi connectivity index (χ1) is 12.1. The molecule has 0 radical (unpaired) electrons. The van der Waals surface area contributed by atoms with Crippen molar-refractivity contribution >= 4 is 17.4 Å². The van der Waals surface area contributed by atoms with E-state index in [9.17, 15) is 4.79 Å². The van der Waals surface area contributed by atoms with Gasteiger partial charge in [0.2, 0.25) is 0 Å². The average Bonchev–Trinajstić information content (AvgIpc) is 3.29. The van der Waals surface area contributed by atoms with Gasteiger partial charge < -0.3 is 10.6 Å². The van der Waals surface area contributed by atoms with Crippen molar-refractivity contribution in [3.63, 3.8) is 0 Å². The van der Waals surface area contributed by atoms with Crippen LogP contribution < -0.4 is 5.73 Å². The van der Waals surface area contributed by atoms with E-state index < -0.39 is 0 Å². The number of rotatable bonds is 3. The highest BCUT2D eigenvalue weighted by molar-refractivity contribution is 5.99. The van der Waals surface area contributed by atoms with E-state index in [0.717, 1.165) is 22.4 Å². The van der Waals surface area contributed by atoms with Crippen molar-refractivity contribution in [2.75, 3.05) is 5.73 Å². The second kappa shape index (κ2) is 5.02. The third-order valence-corrected chi connectivity index (χ3v) is 5.36. The molecule has 1 aromatic carbocycles. The molecule has 0 saturated heterocycles. The predicted molar refractivity (Wildman–Crippen MR) is 92.7 cm³/mol. The maximum Gasteiger partial charge on any atom is 0.254 e. The van der Waals surface area contributed by atoms with Crippen molar-refractivity contribution < 1.29 is 4.79 Å². The average molecular weight is 334 g/mol. The highest BCUT2D eigenvalue weighted by Crippen LogP contribution is 2.39. The monoisotopic (exact) mass is 334 g/mol. The summed E-state index contributed by atoms with van der Waals surface area (Å²) in [7, 11) is 0. The molecule has 3 heterocycles. The molecule has 1 saturated carbocycles. The molecule has 2 aliphatic rings. The Hall–Kier alpha value is -2.96. The minimum Gasteiger partial charge on any atom is -0.381 e. The summed E-state index contributed by atoms with van der Waals surface area (Å²) in [6.07, 6.45) is 5.62. The molecule has 2 N–H and O–H groups in total. The van der Waals surface area contributed by atoms with Gasteiger partial charge in [0.25, 0.3) is 5.91 Å². The predicted octanol–water partition coefficient (Wildman–Crippen LogP) is 2.13. The SMILES string of the molecule is C[C@@H](C1CC1)N1Cc2cc(-c3cnc4c(N)ncnn34)ccc2C1=O. The van der Waals surface area contributed by atoms with Crippen molar-refractivity contribution in [2.24, 2.45) is 5.92 Å². The molecule has 1 atom stereocenters.